The van der Waals surface area contributed by atoms with Crippen molar-refractivity contribution in [3.05, 3.63) is 40.4 Å². The maximum atomic E-state index is 12.4. The summed E-state index contributed by atoms with van der Waals surface area (Å²) >= 11 is 0.491. The Kier molecular flexibility index (Phi) is 4.56. The number of alkyl halides is 3. The van der Waals surface area contributed by atoms with Gasteiger partial charge >= 0.3 is 6.18 Å². The summed E-state index contributed by atoms with van der Waals surface area (Å²) < 4.78 is 42.1. The first kappa shape index (κ1) is 14.7. The molecule has 0 spiro atoms. The molecule has 20 heavy (non-hydrogen) atoms. The van der Waals surface area contributed by atoms with E-state index < -0.39 is 11.2 Å². The molecular weight excluding hydrogens is 291 g/mol. The van der Waals surface area contributed by atoms with Gasteiger partial charge in [0.2, 0.25) is 10.1 Å². The molecule has 0 saturated carbocycles. The third-order valence-electron chi connectivity index (χ3n) is 2.41. The molecule has 0 aliphatic heterocycles. The van der Waals surface area contributed by atoms with Crippen molar-refractivity contribution in [2.75, 3.05) is 12.4 Å². The van der Waals surface area contributed by atoms with Gasteiger partial charge in [-0.15, -0.1) is 10.2 Å². The van der Waals surface area contributed by atoms with E-state index in [1.54, 1.807) is 7.11 Å². The summed E-state index contributed by atoms with van der Waals surface area (Å²) in [4.78, 5) is 0. The van der Waals surface area contributed by atoms with E-state index in [9.17, 15) is 13.2 Å². The molecule has 0 bridgehead atoms. The van der Waals surface area contributed by atoms with E-state index in [2.05, 4.69) is 15.5 Å². The van der Waals surface area contributed by atoms with Gasteiger partial charge < -0.3 is 10.1 Å². The Morgan fingerprint density at radius 3 is 2.65 bits per heavy atom. The molecular formula is C12H12F3N3OS. The third kappa shape index (κ3) is 3.91. The Balaban J connectivity index is 1.98. The molecule has 0 amide bonds. The second-order valence-corrected chi connectivity index (χ2v) is 4.99. The molecule has 1 aromatic carbocycles. The molecule has 108 valence electrons. The van der Waals surface area contributed by atoms with E-state index in [1.807, 2.05) is 24.3 Å². The van der Waals surface area contributed by atoms with Gasteiger partial charge in [-0.3, -0.25) is 0 Å². The first-order chi connectivity index (χ1) is 9.49. The van der Waals surface area contributed by atoms with Crippen LogP contribution in [0.4, 0.5) is 18.3 Å². The van der Waals surface area contributed by atoms with Gasteiger partial charge in [0, 0.05) is 13.7 Å². The van der Waals surface area contributed by atoms with Crippen LogP contribution in [-0.4, -0.2) is 17.3 Å². The van der Waals surface area contributed by atoms with Crippen LogP contribution in [0.5, 0.6) is 0 Å². The van der Waals surface area contributed by atoms with Gasteiger partial charge in [-0.25, -0.2) is 0 Å². The topological polar surface area (TPSA) is 47.0 Å². The number of aromatic nitrogens is 2. The van der Waals surface area contributed by atoms with Crippen molar-refractivity contribution in [1.82, 2.24) is 10.2 Å². The molecule has 0 atom stereocenters. The standard InChI is InChI=1S/C12H12F3N3OS/c1-19-7-9-4-2-3-8(5-9)6-16-11-18-17-10(20-11)12(13,14)15/h2-5H,6-7H2,1H3,(H,16,18). The van der Waals surface area contributed by atoms with Crippen molar-refractivity contribution in [2.45, 2.75) is 19.3 Å². The van der Waals surface area contributed by atoms with Gasteiger partial charge in [0.05, 0.1) is 6.61 Å². The average Bonchev–Trinajstić information content (AvgIpc) is 2.86. The lowest BCUT2D eigenvalue weighted by Gasteiger charge is -2.05. The third-order valence-corrected chi connectivity index (χ3v) is 3.34. The second-order valence-electron chi connectivity index (χ2n) is 4.02. The molecule has 0 aliphatic carbocycles. The van der Waals surface area contributed by atoms with Gasteiger partial charge in [0.25, 0.3) is 0 Å². The van der Waals surface area contributed by atoms with Crippen LogP contribution in [-0.2, 0) is 24.1 Å². The number of hydrogen-bond donors (Lipinski definition) is 1. The van der Waals surface area contributed by atoms with Crippen LogP contribution in [0.25, 0.3) is 0 Å². The predicted octanol–water partition coefficient (Wildman–Crippen LogP) is 3.32. The fourth-order valence-corrected chi connectivity index (χ4v) is 2.19. The number of ether oxygens (including phenoxy) is 1. The van der Waals surface area contributed by atoms with Crippen molar-refractivity contribution < 1.29 is 17.9 Å². The van der Waals surface area contributed by atoms with E-state index in [0.717, 1.165) is 11.1 Å². The van der Waals surface area contributed by atoms with Crippen LogP contribution in [0.2, 0.25) is 0 Å². The van der Waals surface area contributed by atoms with E-state index in [-0.39, 0.29) is 5.13 Å². The van der Waals surface area contributed by atoms with Gasteiger partial charge in [-0.1, -0.05) is 35.6 Å². The Labute approximate surface area is 117 Å². The van der Waals surface area contributed by atoms with Gasteiger partial charge in [-0.2, -0.15) is 13.2 Å². The highest BCUT2D eigenvalue weighted by molar-refractivity contribution is 7.15. The first-order valence-corrected chi connectivity index (χ1v) is 6.52. The Hall–Kier alpha value is -1.67. The Morgan fingerprint density at radius 1 is 1.25 bits per heavy atom. The quantitative estimate of drug-likeness (QED) is 0.920. The lowest BCUT2D eigenvalue weighted by atomic mass is 10.1. The Morgan fingerprint density at radius 2 is 2.00 bits per heavy atom. The molecule has 1 heterocycles. The highest BCUT2D eigenvalue weighted by Crippen LogP contribution is 2.33. The molecule has 2 aromatic rings. The minimum Gasteiger partial charge on any atom is -0.380 e. The molecule has 8 heteroatoms. The second kappa shape index (κ2) is 6.19. The summed E-state index contributed by atoms with van der Waals surface area (Å²) in [5.74, 6) is 0. The van der Waals surface area contributed by atoms with Crippen molar-refractivity contribution in [1.29, 1.82) is 0 Å². The molecule has 0 fully saturated rings. The lowest BCUT2D eigenvalue weighted by Crippen LogP contribution is -2.03. The number of rotatable bonds is 5. The summed E-state index contributed by atoms with van der Waals surface area (Å²) in [5.41, 5.74) is 1.93. The number of nitrogens with one attached hydrogen (secondary N) is 1. The first-order valence-electron chi connectivity index (χ1n) is 5.70. The van der Waals surface area contributed by atoms with Crippen LogP contribution in [0.1, 0.15) is 16.1 Å². The fourth-order valence-electron chi connectivity index (χ4n) is 1.58. The molecule has 0 radical (unpaired) electrons. The number of anilines is 1. The SMILES string of the molecule is COCc1cccc(CNc2nnc(C(F)(F)F)s2)c1. The molecule has 1 aromatic heterocycles. The van der Waals surface area contributed by atoms with Crippen molar-refractivity contribution in [3.8, 4) is 0 Å². The van der Waals surface area contributed by atoms with Crippen LogP contribution in [0, 0.1) is 0 Å². The number of hydrogen-bond acceptors (Lipinski definition) is 5. The van der Waals surface area contributed by atoms with Crippen LogP contribution in [0.15, 0.2) is 24.3 Å². The predicted molar refractivity (Wildman–Crippen MR) is 69.4 cm³/mol. The zero-order valence-corrected chi connectivity index (χ0v) is 11.4. The molecule has 0 aliphatic rings. The summed E-state index contributed by atoms with van der Waals surface area (Å²) in [7, 11) is 1.60. The summed E-state index contributed by atoms with van der Waals surface area (Å²) in [6, 6.07) is 7.58. The van der Waals surface area contributed by atoms with Gasteiger partial charge in [0.1, 0.15) is 0 Å². The maximum Gasteiger partial charge on any atom is 0.445 e. The van der Waals surface area contributed by atoms with Crippen LogP contribution >= 0.6 is 11.3 Å². The van der Waals surface area contributed by atoms with Crippen LogP contribution < -0.4 is 5.32 Å². The normalized spacial score (nSPS) is 11.6. The zero-order chi connectivity index (χ0) is 14.6. The minimum absolute atomic E-state index is 0.148. The number of methoxy groups -OCH3 is 1. The molecule has 2 rings (SSSR count). The maximum absolute atomic E-state index is 12.4. The summed E-state index contributed by atoms with van der Waals surface area (Å²) in [5, 5.41) is 8.60. The van der Waals surface area contributed by atoms with E-state index in [1.165, 1.54) is 0 Å². The molecule has 0 saturated heterocycles. The number of halogens is 3. The monoisotopic (exact) mass is 303 g/mol. The Bertz CT molecular complexity index is 571. The molecule has 0 unspecified atom stereocenters. The van der Waals surface area contributed by atoms with Crippen molar-refractivity contribution in [3.63, 3.8) is 0 Å². The van der Waals surface area contributed by atoms with E-state index in [4.69, 9.17) is 4.74 Å². The van der Waals surface area contributed by atoms with E-state index in [0.29, 0.717) is 24.5 Å². The van der Waals surface area contributed by atoms with Gasteiger partial charge in [0.15, 0.2) is 0 Å². The summed E-state index contributed by atoms with van der Waals surface area (Å²) in [6.45, 7) is 0.870. The van der Waals surface area contributed by atoms with Crippen molar-refractivity contribution in [2.24, 2.45) is 0 Å². The minimum atomic E-state index is -4.45. The van der Waals surface area contributed by atoms with Crippen LogP contribution in [0.3, 0.4) is 0 Å². The largest absolute Gasteiger partial charge is 0.445 e. The van der Waals surface area contributed by atoms with E-state index >= 15 is 0 Å². The molecule has 4 nitrogen and oxygen atoms in total. The van der Waals surface area contributed by atoms with Gasteiger partial charge in [-0.05, 0) is 11.1 Å². The summed E-state index contributed by atoms with van der Waals surface area (Å²) in [6.07, 6.45) is -4.45. The smallest absolute Gasteiger partial charge is 0.380 e. The molecule has 1 N–H and O–H groups in total. The average molecular weight is 303 g/mol. The number of benzene rings is 1. The zero-order valence-electron chi connectivity index (χ0n) is 10.6. The highest BCUT2D eigenvalue weighted by atomic mass is 32.1. The van der Waals surface area contributed by atoms with Crippen molar-refractivity contribution >= 4 is 16.5 Å². The lowest BCUT2D eigenvalue weighted by molar-refractivity contribution is -0.138. The highest BCUT2D eigenvalue weighted by Gasteiger charge is 2.35. The number of nitrogens with zero attached hydrogens (tertiary/aromatic N) is 2. The fraction of sp³-hybridized carbons (Fsp3) is 0.333.